The number of hydrogen-bond acceptors (Lipinski definition) is 7. The number of nitrogens with zero attached hydrogens (tertiary/aromatic N) is 5. The first-order valence-corrected chi connectivity index (χ1v) is 28.4. The average Bonchev–Trinajstić information content (AvgIpc) is 1.57. The van der Waals surface area contributed by atoms with Crippen molar-refractivity contribution < 1.29 is 8.83 Å². The molecular formula is C73H51B2N5O2. The maximum Gasteiger partial charge on any atom is 0.297 e. The molecule has 0 unspecified atom stereocenters. The van der Waals surface area contributed by atoms with Crippen LogP contribution in [0.2, 0.25) is 0 Å². The van der Waals surface area contributed by atoms with Crippen molar-refractivity contribution in [2.45, 2.75) is 19.8 Å². The lowest BCUT2D eigenvalue weighted by atomic mass is 9.32. The maximum atomic E-state index is 7.47. The molecule has 386 valence electrons. The Bertz CT molecular complexity index is 4610. The van der Waals surface area contributed by atoms with Crippen LogP contribution in [0.5, 0.6) is 0 Å². The molecule has 0 fully saturated rings. The number of benzene rings is 11. The minimum atomic E-state index is -0.336. The van der Waals surface area contributed by atoms with Crippen molar-refractivity contribution in [1.29, 1.82) is 0 Å². The first kappa shape index (κ1) is 46.5. The zero-order valence-electron chi connectivity index (χ0n) is 45.2. The topological polar surface area (TPSA) is 42.5 Å². The van der Waals surface area contributed by atoms with Gasteiger partial charge in [0.1, 0.15) is 11.2 Å². The number of hydrogen-bond donors (Lipinski definition) is 0. The van der Waals surface area contributed by atoms with Crippen LogP contribution in [0.4, 0.5) is 85.3 Å². The van der Waals surface area contributed by atoms with Gasteiger partial charge in [-0.15, -0.1) is 0 Å². The van der Waals surface area contributed by atoms with Crippen LogP contribution in [0, 0.1) is 0 Å². The molecule has 0 atom stereocenters. The number of fused-ring (bicyclic) bond motifs is 12. The Morgan fingerprint density at radius 2 is 0.671 bits per heavy atom. The zero-order valence-corrected chi connectivity index (χ0v) is 45.2. The summed E-state index contributed by atoms with van der Waals surface area (Å²) in [5, 5.41) is 2.14. The van der Waals surface area contributed by atoms with Crippen LogP contribution in [0.25, 0.3) is 21.9 Å². The normalized spacial score (nSPS) is 13.5. The molecule has 0 saturated heterocycles. The van der Waals surface area contributed by atoms with Crippen LogP contribution in [0.3, 0.4) is 0 Å². The predicted octanol–water partition coefficient (Wildman–Crippen LogP) is 15.9. The molecule has 0 spiro atoms. The van der Waals surface area contributed by atoms with Gasteiger partial charge in [0.2, 0.25) is 0 Å². The maximum absolute atomic E-state index is 7.47. The van der Waals surface area contributed by atoms with Gasteiger partial charge in [-0.25, -0.2) is 0 Å². The third-order valence-electron chi connectivity index (χ3n) is 17.3. The smallest absolute Gasteiger partial charge is 0.297 e. The molecule has 11 aromatic carbocycles. The summed E-state index contributed by atoms with van der Waals surface area (Å²) in [6.45, 7) is 4.00. The summed E-state index contributed by atoms with van der Waals surface area (Å²) in [6, 6.07) is 97.0. The van der Waals surface area contributed by atoms with E-state index in [-0.39, 0.29) is 19.3 Å². The number of anilines is 15. The van der Waals surface area contributed by atoms with Crippen molar-refractivity contribution in [1.82, 2.24) is 0 Å². The molecule has 0 radical (unpaired) electrons. The Labute approximate surface area is 476 Å². The monoisotopic (exact) mass is 1050 g/mol. The SMILES string of the molecule is CC(C)c1cc2c3c(c1)N(c1ccccc1)c1c(oc4ccccc14)B3c1cc3c(cc1N2c1ccccc1)N(c1ccccc1)c1cc(N(c2ccccc2)c2ccccc2)cc2c1B3c1oc3ccccc3c1N2c1ccccc1. The standard InChI is InChI=1S/C73H51B2N5O2/c1-47(2)48-41-62-68-63(42-48)79(53-33-17-7-18-34-53)70-56-37-21-23-39-66(56)81-72(70)74(68)58-45-59-61(46-60(58)77(62)51-29-13-5-14-30-51)78(52-31-15-6-16-32-52)64-43-55(76(49-25-9-3-10-26-49)50-27-11-4-12-28-50)44-65-69(64)75(59)73-71(57-38-22-24-40-67(57)82-73)80(65)54-35-19-8-20-36-54/h3-47H,1-2H3. The predicted molar refractivity (Wildman–Crippen MR) is 343 cm³/mol. The summed E-state index contributed by atoms with van der Waals surface area (Å²) in [4.78, 5) is 12.4. The zero-order chi connectivity index (χ0) is 54.2. The van der Waals surface area contributed by atoms with Gasteiger partial charge in [0.25, 0.3) is 13.4 Å². The van der Waals surface area contributed by atoms with Gasteiger partial charge in [0, 0.05) is 79.0 Å². The highest BCUT2D eigenvalue weighted by Crippen LogP contribution is 2.53. The Morgan fingerprint density at radius 3 is 1.09 bits per heavy atom. The largest absolute Gasteiger partial charge is 0.468 e. The molecule has 7 nitrogen and oxygen atoms in total. The fraction of sp³-hybridized carbons (Fsp3) is 0.0411. The van der Waals surface area contributed by atoms with E-state index in [1.807, 2.05) is 0 Å². The Kier molecular flexibility index (Phi) is 10.3. The third kappa shape index (κ3) is 6.80. The van der Waals surface area contributed by atoms with E-state index in [1.165, 1.54) is 22.0 Å². The molecular weight excluding hydrogens is 1000 g/mol. The third-order valence-corrected chi connectivity index (χ3v) is 17.3. The first-order valence-electron chi connectivity index (χ1n) is 28.4. The molecule has 0 amide bonds. The minimum Gasteiger partial charge on any atom is -0.468 e. The van der Waals surface area contributed by atoms with E-state index < -0.39 is 0 Å². The second-order valence-electron chi connectivity index (χ2n) is 22.2. The highest BCUT2D eigenvalue weighted by atomic mass is 16.3. The lowest BCUT2D eigenvalue weighted by Gasteiger charge is -2.46. The molecule has 4 aliphatic heterocycles. The summed E-state index contributed by atoms with van der Waals surface area (Å²) < 4.78 is 14.9. The molecule has 2 aromatic heterocycles. The molecule has 0 bridgehead atoms. The quantitative estimate of drug-likeness (QED) is 0.140. The highest BCUT2D eigenvalue weighted by molar-refractivity contribution is 7.02. The van der Waals surface area contributed by atoms with Crippen LogP contribution in [-0.2, 0) is 0 Å². The van der Waals surface area contributed by atoms with Crippen LogP contribution in [0.15, 0.2) is 276 Å². The van der Waals surface area contributed by atoms with E-state index in [0.29, 0.717) is 0 Å². The van der Waals surface area contributed by atoms with Gasteiger partial charge in [-0.2, -0.15) is 0 Å². The first-order chi connectivity index (χ1) is 40.6. The van der Waals surface area contributed by atoms with Crippen molar-refractivity contribution in [3.05, 3.63) is 272 Å². The summed E-state index contributed by atoms with van der Waals surface area (Å²) in [5.74, 6) is 0.238. The molecule has 13 aromatic rings. The van der Waals surface area contributed by atoms with Crippen molar-refractivity contribution in [3.8, 4) is 0 Å². The summed E-state index contributed by atoms with van der Waals surface area (Å²) in [7, 11) is 0. The van der Waals surface area contributed by atoms with E-state index >= 15 is 0 Å². The van der Waals surface area contributed by atoms with E-state index in [1.54, 1.807) is 0 Å². The van der Waals surface area contributed by atoms with E-state index in [2.05, 4.69) is 305 Å². The Balaban J connectivity index is 1.02. The van der Waals surface area contributed by atoms with Gasteiger partial charge in [-0.1, -0.05) is 153 Å². The van der Waals surface area contributed by atoms with Crippen molar-refractivity contribution in [2.75, 3.05) is 24.5 Å². The molecule has 6 heterocycles. The van der Waals surface area contributed by atoms with Crippen LogP contribution >= 0.6 is 0 Å². The molecule has 0 saturated carbocycles. The van der Waals surface area contributed by atoms with Gasteiger partial charge < -0.3 is 33.3 Å². The Hall–Kier alpha value is -10.4. The molecule has 17 rings (SSSR count). The lowest BCUT2D eigenvalue weighted by molar-refractivity contribution is 0.651. The highest BCUT2D eigenvalue weighted by Gasteiger charge is 2.52. The van der Waals surface area contributed by atoms with Gasteiger partial charge in [-0.05, 0) is 161 Å². The van der Waals surface area contributed by atoms with Crippen molar-refractivity contribution >= 4 is 154 Å². The second kappa shape index (κ2) is 18.1. The molecule has 0 aliphatic carbocycles. The second-order valence-corrected chi connectivity index (χ2v) is 22.2. The fourth-order valence-electron chi connectivity index (χ4n) is 13.8. The summed E-state index contributed by atoms with van der Waals surface area (Å²) >= 11 is 0. The van der Waals surface area contributed by atoms with Crippen molar-refractivity contribution in [2.24, 2.45) is 0 Å². The Morgan fingerprint density at radius 1 is 0.329 bits per heavy atom. The van der Waals surface area contributed by atoms with E-state index in [9.17, 15) is 0 Å². The van der Waals surface area contributed by atoms with Crippen molar-refractivity contribution in [3.63, 3.8) is 0 Å². The van der Waals surface area contributed by atoms with Gasteiger partial charge in [0.15, 0.2) is 0 Å². The molecule has 82 heavy (non-hydrogen) atoms. The average molecular weight is 1050 g/mol. The summed E-state index contributed by atoms with van der Waals surface area (Å²) in [6.07, 6.45) is 0. The number of para-hydroxylation sites is 8. The van der Waals surface area contributed by atoms with Gasteiger partial charge in [0.05, 0.1) is 28.4 Å². The number of rotatable bonds is 8. The summed E-state index contributed by atoms with van der Waals surface area (Å²) in [5.41, 5.74) is 25.7. The van der Waals surface area contributed by atoms with Crippen LogP contribution in [-0.4, -0.2) is 13.4 Å². The molecule has 9 heteroatoms. The minimum absolute atomic E-state index is 0.238. The van der Waals surface area contributed by atoms with E-state index in [0.717, 1.165) is 124 Å². The van der Waals surface area contributed by atoms with E-state index in [4.69, 9.17) is 8.83 Å². The lowest BCUT2D eigenvalue weighted by Crippen LogP contribution is -2.65. The number of furan rings is 2. The fourth-order valence-corrected chi connectivity index (χ4v) is 13.8. The van der Waals surface area contributed by atoms with Gasteiger partial charge in [-0.3, -0.25) is 0 Å². The molecule has 4 aliphatic rings. The van der Waals surface area contributed by atoms with Gasteiger partial charge >= 0.3 is 0 Å². The van der Waals surface area contributed by atoms with Crippen LogP contribution in [0.1, 0.15) is 25.3 Å². The molecule has 0 N–H and O–H groups in total. The van der Waals surface area contributed by atoms with Crippen LogP contribution < -0.4 is 57.7 Å².